The summed E-state index contributed by atoms with van der Waals surface area (Å²) < 4.78 is 4.97. The number of halogens is 2. The third kappa shape index (κ3) is 1.69. The van der Waals surface area contributed by atoms with Crippen LogP contribution in [0.3, 0.4) is 0 Å². The van der Waals surface area contributed by atoms with Crippen LogP contribution in [0.5, 0.6) is 0 Å². The molecule has 0 saturated carbocycles. The van der Waals surface area contributed by atoms with E-state index >= 15 is 0 Å². The van der Waals surface area contributed by atoms with Crippen molar-refractivity contribution in [1.29, 1.82) is 0 Å². The van der Waals surface area contributed by atoms with Crippen LogP contribution in [0.15, 0.2) is 28.8 Å². The second-order valence-corrected chi connectivity index (χ2v) is 3.58. The number of nitrogens with zero attached hydrogens (tertiary/aromatic N) is 1. The van der Waals surface area contributed by atoms with Crippen LogP contribution in [0.1, 0.15) is 0 Å². The fraction of sp³-hybridized carbons (Fsp3) is 0. The van der Waals surface area contributed by atoms with Gasteiger partial charge in [-0.3, -0.25) is 0 Å². The highest BCUT2D eigenvalue weighted by atomic mass is 35.5. The number of hydrogen-bond acceptors (Lipinski definition) is 3. The Kier molecular flexibility index (Phi) is 2.35. The summed E-state index contributed by atoms with van der Waals surface area (Å²) in [5, 5.41) is 4.69. The lowest BCUT2D eigenvalue weighted by Crippen LogP contribution is -1.80. The molecule has 0 aliphatic rings. The lowest BCUT2D eigenvalue weighted by molar-refractivity contribution is 0.436. The van der Waals surface area contributed by atoms with E-state index in [9.17, 15) is 0 Å². The van der Waals surface area contributed by atoms with Crippen LogP contribution in [0.4, 0.5) is 5.82 Å². The molecule has 5 heteroatoms. The molecule has 0 radical (unpaired) electrons. The van der Waals surface area contributed by atoms with Crippen LogP contribution >= 0.6 is 23.2 Å². The molecule has 0 saturated heterocycles. The maximum absolute atomic E-state index is 5.95. The summed E-state index contributed by atoms with van der Waals surface area (Å²) in [5.41, 5.74) is 6.11. The predicted octanol–water partition coefficient (Wildman–Crippen LogP) is 3.23. The monoisotopic (exact) mass is 228 g/mol. The molecule has 0 aliphatic heterocycles. The molecular weight excluding hydrogens is 223 g/mol. The molecule has 0 atom stereocenters. The minimum Gasteiger partial charge on any atom is -0.381 e. The lowest BCUT2D eigenvalue weighted by Gasteiger charge is -1.99. The molecule has 0 amide bonds. The van der Waals surface area contributed by atoms with Gasteiger partial charge in [0.25, 0.3) is 0 Å². The highest BCUT2D eigenvalue weighted by Crippen LogP contribution is 2.31. The van der Waals surface area contributed by atoms with Crippen LogP contribution in [-0.2, 0) is 0 Å². The van der Waals surface area contributed by atoms with Gasteiger partial charge in [0.2, 0.25) is 0 Å². The number of nitrogen functional groups attached to an aromatic ring is 1. The summed E-state index contributed by atoms with van der Waals surface area (Å²) in [7, 11) is 0. The summed E-state index contributed by atoms with van der Waals surface area (Å²) >= 11 is 11.8. The quantitative estimate of drug-likeness (QED) is 0.816. The molecular formula is C9H6Cl2N2O. The second-order valence-electron chi connectivity index (χ2n) is 2.74. The van der Waals surface area contributed by atoms with Gasteiger partial charge in [-0.2, -0.15) is 0 Å². The van der Waals surface area contributed by atoms with Crippen molar-refractivity contribution in [1.82, 2.24) is 5.16 Å². The van der Waals surface area contributed by atoms with Crippen molar-refractivity contribution < 1.29 is 4.52 Å². The van der Waals surface area contributed by atoms with Crippen molar-refractivity contribution in [2.24, 2.45) is 0 Å². The van der Waals surface area contributed by atoms with Crippen LogP contribution in [-0.4, -0.2) is 5.16 Å². The molecule has 0 fully saturated rings. The fourth-order valence-electron chi connectivity index (χ4n) is 1.10. The molecule has 2 aromatic rings. The van der Waals surface area contributed by atoms with Crippen LogP contribution in [0, 0.1) is 0 Å². The Morgan fingerprint density at radius 3 is 2.64 bits per heavy atom. The lowest BCUT2D eigenvalue weighted by atomic mass is 10.2. The summed E-state index contributed by atoms with van der Waals surface area (Å²) in [6, 6.07) is 6.69. The standard InChI is InChI=1S/C9H6Cl2N2O/c10-5-1-2-7(11)6(3-5)8-4-9(12)13-14-8/h1-4H,(H2,12,13). The van der Waals surface area contributed by atoms with Gasteiger partial charge in [-0.1, -0.05) is 28.4 Å². The summed E-state index contributed by atoms with van der Waals surface area (Å²) in [6.07, 6.45) is 0. The fourth-order valence-corrected chi connectivity index (χ4v) is 1.48. The van der Waals surface area contributed by atoms with E-state index in [1.807, 2.05) is 0 Å². The van der Waals surface area contributed by atoms with Crippen molar-refractivity contribution >= 4 is 29.0 Å². The van der Waals surface area contributed by atoms with E-state index in [1.165, 1.54) is 0 Å². The first-order valence-electron chi connectivity index (χ1n) is 3.84. The minimum absolute atomic E-state index is 0.316. The third-order valence-electron chi connectivity index (χ3n) is 1.72. The zero-order valence-corrected chi connectivity index (χ0v) is 8.51. The predicted molar refractivity (Wildman–Crippen MR) is 56.4 cm³/mol. The topological polar surface area (TPSA) is 52.0 Å². The van der Waals surface area contributed by atoms with E-state index in [-0.39, 0.29) is 0 Å². The number of benzene rings is 1. The third-order valence-corrected chi connectivity index (χ3v) is 2.29. The number of rotatable bonds is 1. The maximum atomic E-state index is 5.95. The van der Waals surface area contributed by atoms with Crippen molar-refractivity contribution in [2.45, 2.75) is 0 Å². The highest BCUT2D eigenvalue weighted by molar-refractivity contribution is 6.35. The normalized spacial score (nSPS) is 10.4. The Morgan fingerprint density at radius 2 is 2.00 bits per heavy atom. The average Bonchev–Trinajstić information content (AvgIpc) is 2.56. The van der Waals surface area contributed by atoms with Gasteiger partial charge in [-0.25, -0.2) is 0 Å². The van der Waals surface area contributed by atoms with Gasteiger partial charge in [-0.15, -0.1) is 0 Å². The molecule has 0 unspecified atom stereocenters. The van der Waals surface area contributed by atoms with Crippen LogP contribution in [0.25, 0.3) is 11.3 Å². The zero-order valence-electron chi connectivity index (χ0n) is 7.00. The number of nitrogens with two attached hydrogens (primary N) is 1. The Balaban J connectivity index is 2.55. The van der Waals surface area contributed by atoms with Crippen molar-refractivity contribution in [3.63, 3.8) is 0 Å². The van der Waals surface area contributed by atoms with Gasteiger partial charge in [0.05, 0.1) is 5.02 Å². The molecule has 0 bridgehead atoms. The van der Waals surface area contributed by atoms with Gasteiger partial charge in [0, 0.05) is 16.7 Å². The molecule has 1 heterocycles. The number of hydrogen-bond donors (Lipinski definition) is 1. The van der Waals surface area contributed by atoms with E-state index in [2.05, 4.69) is 5.16 Å². The molecule has 1 aromatic heterocycles. The van der Waals surface area contributed by atoms with E-state index in [0.29, 0.717) is 27.2 Å². The Labute approximate surface area is 90.4 Å². The average molecular weight is 229 g/mol. The first-order chi connectivity index (χ1) is 6.66. The van der Waals surface area contributed by atoms with Gasteiger partial charge in [0.15, 0.2) is 11.6 Å². The van der Waals surface area contributed by atoms with E-state index in [0.717, 1.165) is 0 Å². The Bertz CT molecular complexity index is 468. The molecule has 72 valence electrons. The minimum atomic E-state index is 0.316. The Morgan fingerprint density at radius 1 is 1.21 bits per heavy atom. The molecule has 2 rings (SSSR count). The van der Waals surface area contributed by atoms with E-state index in [4.69, 9.17) is 33.5 Å². The van der Waals surface area contributed by atoms with Crippen molar-refractivity contribution in [3.8, 4) is 11.3 Å². The highest BCUT2D eigenvalue weighted by Gasteiger charge is 2.09. The first kappa shape index (κ1) is 9.37. The summed E-state index contributed by atoms with van der Waals surface area (Å²) in [5.74, 6) is 0.825. The molecule has 0 spiro atoms. The molecule has 3 nitrogen and oxygen atoms in total. The van der Waals surface area contributed by atoms with Crippen molar-refractivity contribution in [2.75, 3.05) is 5.73 Å². The zero-order chi connectivity index (χ0) is 10.1. The van der Waals surface area contributed by atoms with Gasteiger partial charge in [-0.05, 0) is 18.2 Å². The first-order valence-corrected chi connectivity index (χ1v) is 4.60. The van der Waals surface area contributed by atoms with Crippen LogP contribution < -0.4 is 5.73 Å². The SMILES string of the molecule is Nc1cc(-c2cc(Cl)ccc2Cl)on1. The van der Waals surface area contributed by atoms with Gasteiger partial charge >= 0.3 is 0 Å². The molecule has 14 heavy (non-hydrogen) atoms. The molecule has 0 aliphatic carbocycles. The van der Waals surface area contributed by atoms with E-state index < -0.39 is 0 Å². The van der Waals surface area contributed by atoms with Gasteiger partial charge < -0.3 is 10.3 Å². The summed E-state index contributed by atoms with van der Waals surface area (Å²) in [4.78, 5) is 0. The smallest absolute Gasteiger partial charge is 0.170 e. The second kappa shape index (κ2) is 3.52. The van der Waals surface area contributed by atoms with Gasteiger partial charge in [0.1, 0.15) is 0 Å². The largest absolute Gasteiger partial charge is 0.381 e. The molecule has 1 aromatic carbocycles. The molecule has 2 N–H and O–H groups in total. The number of anilines is 1. The van der Waals surface area contributed by atoms with Crippen LogP contribution in [0.2, 0.25) is 10.0 Å². The number of aromatic nitrogens is 1. The summed E-state index contributed by atoms with van der Waals surface area (Å²) in [6.45, 7) is 0. The Hall–Kier alpha value is -1.19. The maximum Gasteiger partial charge on any atom is 0.170 e. The van der Waals surface area contributed by atoms with E-state index in [1.54, 1.807) is 24.3 Å². The van der Waals surface area contributed by atoms with Crippen molar-refractivity contribution in [3.05, 3.63) is 34.3 Å².